The maximum Gasteiger partial charge on any atom is 0.344 e. The van der Waals surface area contributed by atoms with E-state index in [4.69, 9.17) is 9.15 Å². The average Bonchev–Trinajstić information content (AvgIpc) is 3.06. The molecule has 0 bridgehead atoms. The highest BCUT2D eigenvalue weighted by Gasteiger charge is 2.52. The molecule has 3 aliphatic heterocycles. The number of piperidine rings is 1. The van der Waals surface area contributed by atoms with Crippen molar-refractivity contribution >= 4 is 44.1 Å². The molecular formula is C43H39NO4. The third-order valence-electron chi connectivity index (χ3n) is 11.6. The maximum atomic E-state index is 14.1. The molecule has 5 nitrogen and oxygen atoms in total. The second-order valence-electron chi connectivity index (χ2n) is 15.4. The predicted molar refractivity (Wildman–Crippen MR) is 192 cm³/mol. The van der Waals surface area contributed by atoms with E-state index in [1.165, 1.54) is 16.8 Å². The molecule has 2 unspecified atom stereocenters. The maximum absolute atomic E-state index is 14.1. The first-order chi connectivity index (χ1) is 23.0. The van der Waals surface area contributed by atoms with Gasteiger partial charge in [-0.25, -0.2) is 9.59 Å². The SMILES string of the molecule is CC1C2=C3C(=C4OC(=O)C(c5ccc(-c6cc7cc8ccccc8cc7oc6=O)c6ccccc56)=CC41)C(C)(C)CCN3CCC2(C)C. The largest absolute Gasteiger partial charge is 0.426 e. The summed E-state index contributed by atoms with van der Waals surface area (Å²) >= 11 is 0. The minimum Gasteiger partial charge on any atom is -0.426 e. The van der Waals surface area contributed by atoms with Gasteiger partial charge in [-0.15, -0.1) is 0 Å². The number of hydrogen-bond donors (Lipinski definition) is 0. The minimum atomic E-state index is -0.386. The molecule has 0 N–H and O–H groups in total. The number of nitrogens with zero attached hydrogens (tertiary/aromatic N) is 1. The van der Waals surface area contributed by atoms with Crippen LogP contribution in [0.5, 0.6) is 0 Å². The van der Waals surface area contributed by atoms with Crippen LogP contribution in [0.25, 0.3) is 49.2 Å². The quantitative estimate of drug-likeness (QED) is 0.110. The number of esters is 1. The fraction of sp³-hybridized carbons (Fsp3) is 0.302. The van der Waals surface area contributed by atoms with Crippen LogP contribution in [0.3, 0.4) is 0 Å². The van der Waals surface area contributed by atoms with Crippen molar-refractivity contribution in [2.45, 2.75) is 47.5 Å². The standard InChI is InChI=1S/C43H39NO4/c1-24-32-23-34(41(46)48-39(32)37-38-36(24)42(2,3)16-18-44(38)19-17-43(37,4)5)31-15-14-30(28-12-8-9-13-29(28)31)33-21-27-20-25-10-6-7-11-26(25)22-35(27)47-40(33)45/h6-15,20-24,32H,16-19H2,1-5H3. The molecule has 2 atom stereocenters. The molecule has 4 heterocycles. The van der Waals surface area contributed by atoms with Crippen LogP contribution >= 0.6 is 0 Å². The van der Waals surface area contributed by atoms with Crippen LogP contribution in [0.2, 0.25) is 0 Å². The summed E-state index contributed by atoms with van der Waals surface area (Å²) in [4.78, 5) is 30.1. The Hall–Kier alpha value is -4.90. The number of benzene rings is 4. The van der Waals surface area contributed by atoms with Crippen LogP contribution in [0.1, 0.15) is 53.0 Å². The molecule has 9 rings (SSSR count). The Bertz CT molecular complexity index is 2400. The van der Waals surface area contributed by atoms with Gasteiger partial charge in [-0.1, -0.05) is 101 Å². The zero-order valence-corrected chi connectivity index (χ0v) is 28.1. The number of ether oxygens (including phenoxy) is 1. The Morgan fingerprint density at radius 2 is 1.38 bits per heavy atom. The molecule has 0 amide bonds. The van der Waals surface area contributed by atoms with Crippen LogP contribution in [-0.2, 0) is 9.53 Å². The zero-order valence-electron chi connectivity index (χ0n) is 28.1. The van der Waals surface area contributed by atoms with Crippen LogP contribution < -0.4 is 5.63 Å². The second-order valence-corrected chi connectivity index (χ2v) is 15.4. The van der Waals surface area contributed by atoms with Crippen molar-refractivity contribution in [3.8, 4) is 11.1 Å². The van der Waals surface area contributed by atoms with E-state index in [9.17, 15) is 9.59 Å². The molecule has 5 aromatic rings. The van der Waals surface area contributed by atoms with Crippen LogP contribution in [-0.4, -0.2) is 24.0 Å². The predicted octanol–water partition coefficient (Wildman–Crippen LogP) is 9.64. The van der Waals surface area contributed by atoms with Gasteiger partial charge in [-0.05, 0) is 86.0 Å². The molecule has 4 aliphatic rings. The topological polar surface area (TPSA) is 59.8 Å². The summed E-state index contributed by atoms with van der Waals surface area (Å²) in [5, 5.41) is 4.77. The molecule has 1 fully saturated rings. The smallest absolute Gasteiger partial charge is 0.344 e. The van der Waals surface area contributed by atoms with E-state index in [1.54, 1.807) is 0 Å². The van der Waals surface area contributed by atoms with Crippen molar-refractivity contribution in [1.82, 2.24) is 4.90 Å². The third kappa shape index (κ3) is 4.16. The van der Waals surface area contributed by atoms with E-state index in [0.717, 1.165) is 69.7 Å². The highest BCUT2D eigenvalue weighted by Crippen LogP contribution is 2.59. The van der Waals surface area contributed by atoms with Crippen molar-refractivity contribution in [3.05, 3.63) is 124 Å². The highest BCUT2D eigenvalue weighted by atomic mass is 16.5. The lowest BCUT2D eigenvalue weighted by Crippen LogP contribution is -2.50. The fourth-order valence-electron chi connectivity index (χ4n) is 9.09. The summed E-state index contributed by atoms with van der Waals surface area (Å²) in [6, 6.07) is 25.9. The Morgan fingerprint density at radius 1 is 0.729 bits per heavy atom. The van der Waals surface area contributed by atoms with E-state index in [0.29, 0.717) is 16.7 Å². The molecule has 48 heavy (non-hydrogen) atoms. The molecule has 0 saturated carbocycles. The van der Waals surface area contributed by atoms with Gasteiger partial charge in [0, 0.05) is 35.7 Å². The molecule has 1 aliphatic carbocycles. The number of allylic oxidation sites excluding steroid dienone is 3. The second kappa shape index (κ2) is 10.1. The van der Waals surface area contributed by atoms with E-state index in [1.807, 2.05) is 66.7 Å². The number of carbonyl (C=O) groups is 1. The summed E-state index contributed by atoms with van der Waals surface area (Å²) in [6.45, 7) is 13.8. The lowest BCUT2D eigenvalue weighted by atomic mass is 9.59. The number of carbonyl (C=O) groups excluding carboxylic acids is 1. The van der Waals surface area contributed by atoms with Crippen molar-refractivity contribution in [3.63, 3.8) is 0 Å². The Kier molecular flexibility index (Phi) is 6.13. The van der Waals surface area contributed by atoms with Gasteiger partial charge >= 0.3 is 11.6 Å². The molecular weight excluding hydrogens is 594 g/mol. The summed E-state index contributed by atoms with van der Waals surface area (Å²) in [5.74, 6) is 0.675. The normalized spacial score (nSPS) is 22.9. The number of fused-ring (bicyclic) bond motifs is 4. The summed E-state index contributed by atoms with van der Waals surface area (Å²) < 4.78 is 12.4. The number of rotatable bonds is 2. The van der Waals surface area contributed by atoms with Crippen LogP contribution in [0.4, 0.5) is 0 Å². The molecule has 5 heteroatoms. The summed E-state index contributed by atoms with van der Waals surface area (Å²) in [6.07, 6.45) is 4.33. The van der Waals surface area contributed by atoms with Crippen LogP contribution in [0, 0.1) is 22.7 Å². The number of hydrogen-bond acceptors (Lipinski definition) is 5. The van der Waals surface area contributed by atoms with Gasteiger partial charge in [0.15, 0.2) is 0 Å². The van der Waals surface area contributed by atoms with E-state index in [2.05, 4.69) is 57.7 Å². The fourth-order valence-corrected chi connectivity index (χ4v) is 9.09. The summed E-state index contributed by atoms with van der Waals surface area (Å²) in [5.41, 5.74) is 6.88. The molecule has 4 aromatic carbocycles. The molecule has 240 valence electrons. The minimum absolute atomic E-state index is 0.0381. The monoisotopic (exact) mass is 633 g/mol. The first kappa shape index (κ1) is 29.3. The van der Waals surface area contributed by atoms with E-state index in [-0.39, 0.29) is 34.3 Å². The Labute approximate surface area is 280 Å². The van der Waals surface area contributed by atoms with E-state index >= 15 is 0 Å². The zero-order chi connectivity index (χ0) is 33.1. The Morgan fingerprint density at radius 3 is 2.12 bits per heavy atom. The lowest BCUT2D eigenvalue weighted by Gasteiger charge is -2.55. The molecule has 1 saturated heterocycles. The van der Waals surface area contributed by atoms with Gasteiger partial charge in [-0.3, -0.25) is 0 Å². The molecule has 1 aromatic heterocycles. The molecule has 0 spiro atoms. The lowest BCUT2D eigenvalue weighted by molar-refractivity contribution is -0.134. The van der Waals surface area contributed by atoms with Gasteiger partial charge in [0.05, 0.1) is 11.1 Å². The first-order valence-corrected chi connectivity index (χ1v) is 17.2. The van der Waals surface area contributed by atoms with Gasteiger partial charge < -0.3 is 14.1 Å². The van der Waals surface area contributed by atoms with Gasteiger partial charge in [-0.2, -0.15) is 0 Å². The first-order valence-electron chi connectivity index (χ1n) is 17.2. The van der Waals surface area contributed by atoms with Gasteiger partial charge in [0.1, 0.15) is 11.3 Å². The van der Waals surface area contributed by atoms with Crippen molar-refractivity contribution in [2.75, 3.05) is 13.1 Å². The van der Waals surface area contributed by atoms with Crippen molar-refractivity contribution < 1.29 is 13.9 Å². The van der Waals surface area contributed by atoms with Gasteiger partial charge in [0.2, 0.25) is 0 Å². The van der Waals surface area contributed by atoms with Crippen LogP contribution in [0.15, 0.2) is 117 Å². The Balaban J connectivity index is 1.21. The third-order valence-corrected chi connectivity index (χ3v) is 11.6. The van der Waals surface area contributed by atoms with Gasteiger partial charge in [0.25, 0.3) is 0 Å². The highest BCUT2D eigenvalue weighted by molar-refractivity contribution is 6.22. The van der Waals surface area contributed by atoms with E-state index < -0.39 is 0 Å². The molecule has 0 radical (unpaired) electrons. The van der Waals surface area contributed by atoms with Crippen molar-refractivity contribution in [2.24, 2.45) is 22.7 Å². The van der Waals surface area contributed by atoms with Crippen molar-refractivity contribution in [1.29, 1.82) is 0 Å². The average molecular weight is 634 g/mol. The summed E-state index contributed by atoms with van der Waals surface area (Å²) in [7, 11) is 0.